The maximum atomic E-state index is 12.7. The van der Waals surface area contributed by atoms with E-state index in [0.29, 0.717) is 31.0 Å². The first-order valence-electron chi connectivity index (χ1n) is 9.57. The third-order valence-corrected chi connectivity index (χ3v) is 5.37. The fourth-order valence-corrected chi connectivity index (χ4v) is 3.64. The van der Waals surface area contributed by atoms with Crippen molar-refractivity contribution in [3.63, 3.8) is 0 Å². The summed E-state index contributed by atoms with van der Waals surface area (Å²) in [5.74, 6) is 0.197. The standard InChI is InChI=1S/C20H27N3O4/c1-27-19(25)7-4-15-2-5-17(6-3-15)23-14-18(24)22(20(23)26)13-10-16-8-11-21-12-9-16/h2-3,5-6,16,21H,4,7-14H2,1H3. The molecule has 2 heterocycles. The Hall–Kier alpha value is -2.41. The zero-order valence-electron chi connectivity index (χ0n) is 15.8. The van der Waals surface area contributed by atoms with E-state index < -0.39 is 0 Å². The van der Waals surface area contributed by atoms with Crippen LogP contribution in [-0.4, -0.2) is 56.1 Å². The van der Waals surface area contributed by atoms with E-state index in [4.69, 9.17) is 0 Å². The molecule has 0 saturated carbocycles. The lowest BCUT2D eigenvalue weighted by atomic mass is 9.94. The second-order valence-electron chi connectivity index (χ2n) is 7.14. The number of imide groups is 1. The number of benzene rings is 1. The second kappa shape index (κ2) is 8.99. The van der Waals surface area contributed by atoms with E-state index in [1.54, 1.807) is 0 Å². The van der Waals surface area contributed by atoms with Crippen molar-refractivity contribution in [2.45, 2.75) is 32.1 Å². The average Bonchev–Trinajstić information content (AvgIpc) is 2.99. The summed E-state index contributed by atoms with van der Waals surface area (Å²) >= 11 is 0. The van der Waals surface area contributed by atoms with E-state index in [0.717, 1.165) is 37.9 Å². The Morgan fingerprint density at radius 2 is 1.89 bits per heavy atom. The lowest BCUT2D eigenvalue weighted by molar-refractivity contribution is -0.140. The highest BCUT2D eigenvalue weighted by molar-refractivity contribution is 6.12. The van der Waals surface area contributed by atoms with Gasteiger partial charge in [0, 0.05) is 18.7 Å². The molecule has 1 aromatic rings. The lowest BCUT2D eigenvalue weighted by Crippen LogP contribution is -2.36. The van der Waals surface area contributed by atoms with Crippen LogP contribution in [0.25, 0.3) is 0 Å². The molecule has 2 fully saturated rings. The molecule has 0 aromatic heterocycles. The summed E-state index contributed by atoms with van der Waals surface area (Å²) in [6, 6.07) is 7.18. The van der Waals surface area contributed by atoms with Gasteiger partial charge in [0.1, 0.15) is 6.54 Å². The fraction of sp³-hybridized carbons (Fsp3) is 0.550. The van der Waals surface area contributed by atoms with E-state index in [-0.39, 0.29) is 24.5 Å². The second-order valence-corrected chi connectivity index (χ2v) is 7.14. The molecular formula is C20H27N3O4. The minimum absolute atomic E-state index is 0.0898. The van der Waals surface area contributed by atoms with Crippen LogP contribution in [0.1, 0.15) is 31.2 Å². The molecule has 2 aliphatic rings. The number of urea groups is 1. The maximum Gasteiger partial charge on any atom is 0.331 e. The van der Waals surface area contributed by atoms with Gasteiger partial charge in [0.2, 0.25) is 0 Å². The number of carbonyl (C=O) groups is 3. The van der Waals surface area contributed by atoms with Gasteiger partial charge in [0.25, 0.3) is 5.91 Å². The minimum atomic E-state index is -0.246. The molecule has 7 heteroatoms. The van der Waals surface area contributed by atoms with Crippen LogP contribution in [0.5, 0.6) is 0 Å². The van der Waals surface area contributed by atoms with Crippen molar-refractivity contribution in [3.8, 4) is 0 Å². The number of nitrogens with one attached hydrogen (secondary N) is 1. The summed E-state index contributed by atoms with van der Waals surface area (Å²) < 4.78 is 4.64. The SMILES string of the molecule is COC(=O)CCc1ccc(N2CC(=O)N(CCC3CCNCC3)C2=O)cc1. The highest BCUT2D eigenvalue weighted by atomic mass is 16.5. The van der Waals surface area contributed by atoms with Crippen molar-refractivity contribution in [1.82, 2.24) is 10.2 Å². The van der Waals surface area contributed by atoms with Gasteiger partial charge < -0.3 is 10.1 Å². The van der Waals surface area contributed by atoms with Crippen LogP contribution in [0, 0.1) is 5.92 Å². The number of carbonyl (C=O) groups excluding carboxylic acids is 3. The number of methoxy groups -OCH3 is 1. The topological polar surface area (TPSA) is 79.0 Å². The number of anilines is 1. The first kappa shape index (κ1) is 19.4. The zero-order chi connectivity index (χ0) is 19.2. The van der Waals surface area contributed by atoms with Crippen LogP contribution in [0.2, 0.25) is 0 Å². The smallest absolute Gasteiger partial charge is 0.331 e. The normalized spacial score (nSPS) is 18.3. The lowest BCUT2D eigenvalue weighted by Gasteiger charge is -2.24. The van der Waals surface area contributed by atoms with Crippen LogP contribution in [-0.2, 0) is 20.7 Å². The molecule has 0 aliphatic carbocycles. The largest absolute Gasteiger partial charge is 0.469 e. The first-order valence-corrected chi connectivity index (χ1v) is 9.57. The molecule has 2 aliphatic heterocycles. The number of aryl methyl sites for hydroxylation is 1. The summed E-state index contributed by atoms with van der Waals surface area (Å²) in [7, 11) is 1.37. The molecule has 7 nitrogen and oxygen atoms in total. The van der Waals surface area contributed by atoms with Crippen molar-refractivity contribution < 1.29 is 19.1 Å². The van der Waals surface area contributed by atoms with E-state index in [2.05, 4.69) is 10.1 Å². The zero-order valence-corrected chi connectivity index (χ0v) is 15.8. The molecular weight excluding hydrogens is 346 g/mol. The predicted molar refractivity (Wildman–Crippen MR) is 101 cm³/mol. The van der Waals surface area contributed by atoms with Gasteiger partial charge in [0.15, 0.2) is 0 Å². The Morgan fingerprint density at radius 3 is 2.56 bits per heavy atom. The van der Waals surface area contributed by atoms with Gasteiger partial charge in [0.05, 0.1) is 7.11 Å². The molecule has 0 spiro atoms. The fourth-order valence-electron chi connectivity index (χ4n) is 3.64. The summed E-state index contributed by atoms with van der Waals surface area (Å²) in [4.78, 5) is 39.1. The summed E-state index contributed by atoms with van der Waals surface area (Å²) in [6.07, 6.45) is 3.99. The third kappa shape index (κ3) is 4.86. The Labute approximate surface area is 159 Å². The molecule has 1 N–H and O–H groups in total. The number of esters is 1. The van der Waals surface area contributed by atoms with E-state index in [1.807, 2.05) is 24.3 Å². The number of piperidine rings is 1. The van der Waals surface area contributed by atoms with E-state index in [1.165, 1.54) is 16.9 Å². The Kier molecular flexibility index (Phi) is 6.45. The Morgan fingerprint density at radius 1 is 1.19 bits per heavy atom. The first-order chi connectivity index (χ1) is 13.1. The molecule has 2 saturated heterocycles. The van der Waals surface area contributed by atoms with Gasteiger partial charge in [-0.15, -0.1) is 0 Å². The number of amides is 3. The van der Waals surface area contributed by atoms with Crippen LogP contribution >= 0.6 is 0 Å². The highest BCUT2D eigenvalue weighted by Crippen LogP contribution is 2.24. The molecule has 0 bridgehead atoms. The average molecular weight is 373 g/mol. The van der Waals surface area contributed by atoms with Gasteiger partial charge in [-0.05, 0) is 62.4 Å². The molecule has 3 amide bonds. The van der Waals surface area contributed by atoms with Crippen LogP contribution in [0.4, 0.5) is 10.5 Å². The van der Waals surface area contributed by atoms with Crippen LogP contribution in [0.15, 0.2) is 24.3 Å². The maximum absolute atomic E-state index is 12.7. The number of nitrogens with zero attached hydrogens (tertiary/aromatic N) is 2. The summed E-state index contributed by atoms with van der Waals surface area (Å²) in [5.41, 5.74) is 1.70. The minimum Gasteiger partial charge on any atom is -0.469 e. The Bertz CT molecular complexity index is 683. The van der Waals surface area contributed by atoms with Crippen molar-refractivity contribution in [2.24, 2.45) is 5.92 Å². The van der Waals surface area contributed by atoms with Gasteiger partial charge in [-0.1, -0.05) is 12.1 Å². The Balaban J connectivity index is 1.56. The van der Waals surface area contributed by atoms with Crippen LogP contribution in [0.3, 0.4) is 0 Å². The third-order valence-electron chi connectivity index (χ3n) is 5.37. The molecule has 0 radical (unpaired) electrons. The van der Waals surface area contributed by atoms with Gasteiger partial charge in [-0.2, -0.15) is 0 Å². The number of rotatable bonds is 7. The predicted octanol–water partition coefficient (Wildman–Crippen LogP) is 1.95. The summed E-state index contributed by atoms with van der Waals surface area (Å²) in [5, 5.41) is 3.33. The molecule has 0 atom stereocenters. The van der Waals surface area contributed by atoms with Gasteiger partial charge in [-0.25, -0.2) is 4.79 Å². The molecule has 146 valence electrons. The van der Waals surface area contributed by atoms with Crippen LogP contribution < -0.4 is 10.2 Å². The van der Waals surface area contributed by atoms with E-state index in [9.17, 15) is 14.4 Å². The van der Waals surface area contributed by atoms with Crippen molar-refractivity contribution >= 4 is 23.6 Å². The van der Waals surface area contributed by atoms with Gasteiger partial charge in [-0.3, -0.25) is 19.4 Å². The van der Waals surface area contributed by atoms with Crippen molar-refractivity contribution in [3.05, 3.63) is 29.8 Å². The monoisotopic (exact) mass is 373 g/mol. The quantitative estimate of drug-likeness (QED) is 0.584. The van der Waals surface area contributed by atoms with Crippen molar-refractivity contribution in [1.29, 1.82) is 0 Å². The molecule has 1 aromatic carbocycles. The molecule has 27 heavy (non-hydrogen) atoms. The van der Waals surface area contributed by atoms with Gasteiger partial charge >= 0.3 is 12.0 Å². The number of ether oxygens (including phenoxy) is 1. The number of hydrogen-bond acceptors (Lipinski definition) is 5. The van der Waals surface area contributed by atoms with E-state index >= 15 is 0 Å². The van der Waals surface area contributed by atoms with Crippen molar-refractivity contribution in [2.75, 3.05) is 38.2 Å². The summed E-state index contributed by atoms with van der Waals surface area (Å²) in [6.45, 7) is 2.62. The highest BCUT2D eigenvalue weighted by Gasteiger charge is 2.36. The number of hydrogen-bond donors (Lipinski definition) is 1. The molecule has 3 rings (SSSR count). The molecule has 0 unspecified atom stereocenters.